The summed E-state index contributed by atoms with van der Waals surface area (Å²) in [7, 11) is 0. The molecule has 0 spiro atoms. The molecule has 1 amide bonds. The Bertz CT molecular complexity index is 634. The SMILES string of the molecule is CC1(c2ccccc2)N=C(c2ccccc2)C(=O)N1. The van der Waals surface area contributed by atoms with Crippen molar-refractivity contribution in [2.45, 2.75) is 12.6 Å². The molecule has 0 saturated heterocycles. The molecule has 1 aliphatic heterocycles. The van der Waals surface area contributed by atoms with Gasteiger partial charge in [0.1, 0.15) is 5.71 Å². The van der Waals surface area contributed by atoms with Crippen LogP contribution in [-0.4, -0.2) is 11.6 Å². The highest BCUT2D eigenvalue weighted by molar-refractivity contribution is 6.46. The molecule has 1 N–H and O–H groups in total. The number of nitrogens with zero attached hydrogens (tertiary/aromatic N) is 1. The summed E-state index contributed by atoms with van der Waals surface area (Å²) in [5, 5.41) is 2.95. The number of hydrogen-bond acceptors (Lipinski definition) is 2. The van der Waals surface area contributed by atoms with Crippen LogP contribution in [0, 0.1) is 0 Å². The number of aliphatic imine (C=N–C) groups is 1. The normalized spacial score (nSPS) is 21.9. The van der Waals surface area contributed by atoms with E-state index in [4.69, 9.17) is 0 Å². The predicted octanol–water partition coefficient (Wildman–Crippen LogP) is 2.48. The van der Waals surface area contributed by atoms with Crippen molar-refractivity contribution < 1.29 is 4.79 Å². The Morgan fingerprint density at radius 1 is 0.947 bits per heavy atom. The third kappa shape index (κ3) is 2.03. The first kappa shape index (κ1) is 11.7. The van der Waals surface area contributed by atoms with Crippen molar-refractivity contribution in [3.8, 4) is 0 Å². The molecule has 3 nitrogen and oxygen atoms in total. The molecule has 0 fully saturated rings. The molecule has 2 aromatic rings. The van der Waals surface area contributed by atoms with Gasteiger partial charge in [-0.3, -0.25) is 4.79 Å². The standard InChI is InChI=1S/C16H14N2O/c1-16(13-10-6-3-7-11-13)17-14(15(19)18-16)12-8-4-2-5-9-12/h2-11H,1H3,(H,18,19). The molecule has 19 heavy (non-hydrogen) atoms. The number of nitrogens with one attached hydrogen (secondary N) is 1. The van der Waals surface area contributed by atoms with Crippen molar-refractivity contribution in [2.75, 3.05) is 0 Å². The molecule has 3 heteroatoms. The van der Waals surface area contributed by atoms with Crippen molar-refractivity contribution in [3.63, 3.8) is 0 Å². The Morgan fingerprint density at radius 2 is 1.53 bits per heavy atom. The van der Waals surface area contributed by atoms with Gasteiger partial charge in [0.15, 0.2) is 5.66 Å². The molecule has 2 aromatic carbocycles. The third-order valence-electron chi connectivity index (χ3n) is 3.29. The monoisotopic (exact) mass is 250 g/mol. The van der Waals surface area contributed by atoms with Crippen LogP contribution in [0.5, 0.6) is 0 Å². The van der Waals surface area contributed by atoms with Crippen LogP contribution in [0.15, 0.2) is 65.7 Å². The van der Waals surface area contributed by atoms with Crippen molar-refractivity contribution >= 4 is 11.6 Å². The first-order chi connectivity index (χ1) is 9.19. The lowest BCUT2D eigenvalue weighted by Crippen LogP contribution is -2.37. The van der Waals surface area contributed by atoms with Crippen LogP contribution in [0.1, 0.15) is 18.1 Å². The molecular weight excluding hydrogens is 236 g/mol. The average molecular weight is 250 g/mol. The second-order valence-corrected chi connectivity index (χ2v) is 4.72. The lowest BCUT2D eigenvalue weighted by Gasteiger charge is -2.21. The molecule has 0 bridgehead atoms. The number of hydrogen-bond donors (Lipinski definition) is 1. The minimum Gasteiger partial charge on any atom is -0.323 e. The summed E-state index contributed by atoms with van der Waals surface area (Å²) in [6.07, 6.45) is 0. The summed E-state index contributed by atoms with van der Waals surface area (Å²) in [6.45, 7) is 1.91. The highest BCUT2D eigenvalue weighted by atomic mass is 16.2. The average Bonchev–Trinajstić information content (AvgIpc) is 2.77. The van der Waals surface area contributed by atoms with Gasteiger partial charge < -0.3 is 5.32 Å². The number of carbonyl (C=O) groups excluding carboxylic acids is 1. The van der Waals surface area contributed by atoms with Gasteiger partial charge in [0.05, 0.1) is 0 Å². The van der Waals surface area contributed by atoms with Crippen LogP contribution in [-0.2, 0) is 10.5 Å². The van der Waals surface area contributed by atoms with Crippen LogP contribution >= 0.6 is 0 Å². The van der Waals surface area contributed by atoms with Crippen LogP contribution in [0.3, 0.4) is 0 Å². The minimum absolute atomic E-state index is 0.127. The molecule has 0 radical (unpaired) electrons. The van der Waals surface area contributed by atoms with E-state index in [-0.39, 0.29) is 5.91 Å². The Morgan fingerprint density at radius 3 is 2.16 bits per heavy atom. The van der Waals surface area contributed by atoms with Gasteiger partial charge in [0, 0.05) is 5.56 Å². The first-order valence-electron chi connectivity index (χ1n) is 6.22. The number of rotatable bonds is 2. The van der Waals surface area contributed by atoms with E-state index in [1.807, 2.05) is 67.6 Å². The summed E-state index contributed by atoms with van der Waals surface area (Å²) in [6, 6.07) is 19.3. The van der Waals surface area contributed by atoms with Gasteiger partial charge in [0.2, 0.25) is 0 Å². The molecule has 1 atom stereocenters. The van der Waals surface area contributed by atoms with Crippen molar-refractivity contribution in [1.29, 1.82) is 0 Å². The second kappa shape index (κ2) is 4.35. The fourth-order valence-electron chi connectivity index (χ4n) is 2.27. The molecule has 1 unspecified atom stereocenters. The first-order valence-corrected chi connectivity index (χ1v) is 6.22. The molecule has 94 valence electrons. The highest BCUT2D eigenvalue weighted by Crippen LogP contribution is 2.27. The van der Waals surface area contributed by atoms with E-state index in [1.54, 1.807) is 0 Å². The Labute approximate surface area is 112 Å². The van der Waals surface area contributed by atoms with Crippen LogP contribution in [0.4, 0.5) is 0 Å². The summed E-state index contributed by atoms with van der Waals surface area (Å²) in [5.74, 6) is -0.127. The third-order valence-corrected chi connectivity index (χ3v) is 3.29. The van der Waals surface area contributed by atoms with Crippen molar-refractivity contribution in [1.82, 2.24) is 5.32 Å². The predicted molar refractivity (Wildman–Crippen MR) is 74.9 cm³/mol. The zero-order valence-corrected chi connectivity index (χ0v) is 10.6. The van der Waals surface area contributed by atoms with Crippen molar-refractivity contribution in [2.24, 2.45) is 4.99 Å². The minimum atomic E-state index is -0.677. The van der Waals surface area contributed by atoms with E-state index in [0.29, 0.717) is 5.71 Å². The van der Waals surface area contributed by atoms with E-state index in [2.05, 4.69) is 10.3 Å². The second-order valence-electron chi connectivity index (χ2n) is 4.72. The van der Waals surface area contributed by atoms with Gasteiger partial charge in [0.25, 0.3) is 5.91 Å². The summed E-state index contributed by atoms with van der Waals surface area (Å²) in [4.78, 5) is 16.7. The molecule has 1 heterocycles. The molecule has 1 aliphatic rings. The Hall–Kier alpha value is -2.42. The maximum atomic E-state index is 12.1. The van der Waals surface area contributed by atoms with E-state index in [1.165, 1.54) is 0 Å². The molecule has 0 saturated carbocycles. The Balaban J connectivity index is 2.04. The fourth-order valence-corrected chi connectivity index (χ4v) is 2.27. The van der Waals surface area contributed by atoms with Crippen LogP contribution in [0.2, 0.25) is 0 Å². The van der Waals surface area contributed by atoms with E-state index in [0.717, 1.165) is 11.1 Å². The summed E-state index contributed by atoms with van der Waals surface area (Å²) >= 11 is 0. The van der Waals surface area contributed by atoms with Gasteiger partial charge in [-0.2, -0.15) is 0 Å². The lowest BCUT2D eigenvalue weighted by molar-refractivity contribution is -0.115. The van der Waals surface area contributed by atoms with Gasteiger partial charge in [-0.25, -0.2) is 4.99 Å². The van der Waals surface area contributed by atoms with Crippen LogP contribution < -0.4 is 5.32 Å². The fraction of sp³-hybridized carbons (Fsp3) is 0.125. The van der Waals surface area contributed by atoms with Crippen molar-refractivity contribution in [3.05, 3.63) is 71.8 Å². The van der Waals surface area contributed by atoms with Gasteiger partial charge >= 0.3 is 0 Å². The smallest absolute Gasteiger partial charge is 0.272 e. The molecule has 0 aromatic heterocycles. The quantitative estimate of drug-likeness (QED) is 0.874. The summed E-state index contributed by atoms with van der Waals surface area (Å²) in [5.41, 5.74) is 1.64. The van der Waals surface area contributed by atoms with Gasteiger partial charge in [-0.05, 0) is 12.5 Å². The largest absolute Gasteiger partial charge is 0.323 e. The van der Waals surface area contributed by atoms with E-state index in [9.17, 15) is 4.79 Å². The van der Waals surface area contributed by atoms with E-state index < -0.39 is 5.66 Å². The highest BCUT2D eigenvalue weighted by Gasteiger charge is 2.36. The summed E-state index contributed by atoms with van der Waals surface area (Å²) < 4.78 is 0. The maximum absolute atomic E-state index is 12.1. The number of amides is 1. The maximum Gasteiger partial charge on any atom is 0.272 e. The molecule has 3 rings (SSSR count). The van der Waals surface area contributed by atoms with Gasteiger partial charge in [-0.1, -0.05) is 60.7 Å². The van der Waals surface area contributed by atoms with Gasteiger partial charge in [-0.15, -0.1) is 0 Å². The van der Waals surface area contributed by atoms with Crippen LogP contribution in [0.25, 0.3) is 0 Å². The number of benzene rings is 2. The topological polar surface area (TPSA) is 41.5 Å². The zero-order valence-electron chi connectivity index (χ0n) is 10.6. The molecular formula is C16H14N2O. The lowest BCUT2D eigenvalue weighted by atomic mass is 10.0. The Kier molecular flexibility index (Phi) is 2.67. The molecule has 0 aliphatic carbocycles. The number of carbonyl (C=O) groups is 1. The zero-order chi connectivity index (χ0) is 13.3. The van der Waals surface area contributed by atoms with E-state index >= 15 is 0 Å².